The number of ether oxygens (including phenoxy) is 1. The minimum Gasteiger partial charge on any atom is -0.380 e. The minimum atomic E-state index is 0.0332. The number of para-hydroxylation sites is 1. The molecule has 2 rings (SSSR count). The molecule has 1 aromatic carbocycles. The summed E-state index contributed by atoms with van der Waals surface area (Å²) in [7, 11) is 0. The van der Waals surface area contributed by atoms with Crippen molar-refractivity contribution in [3.8, 4) is 0 Å². The number of carbonyl (C=O) groups is 1. The molecule has 1 saturated heterocycles. The fraction of sp³-hybridized carbons (Fsp3) is 0.562. The molecule has 3 nitrogen and oxygen atoms in total. The smallest absolute Gasteiger partial charge is 0.142 e. The predicted octanol–water partition coefficient (Wildman–Crippen LogP) is 2.90. The van der Waals surface area contributed by atoms with Crippen LogP contribution in [0.1, 0.15) is 26.2 Å². The lowest BCUT2D eigenvalue weighted by Crippen LogP contribution is -2.39. The number of Topliss-reactive ketones (excluding diaryl/α,β-unsaturated/α-hetero) is 1. The van der Waals surface area contributed by atoms with E-state index in [0.29, 0.717) is 25.4 Å². The third-order valence-corrected chi connectivity index (χ3v) is 3.61. The maximum atomic E-state index is 11.9. The summed E-state index contributed by atoms with van der Waals surface area (Å²) >= 11 is 0. The topological polar surface area (TPSA) is 29.5 Å². The Kier molecular flexibility index (Phi) is 5.40. The fourth-order valence-corrected chi connectivity index (χ4v) is 2.43. The molecule has 0 bridgehead atoms. The molecule has 1 atom stereocenters. The van der Waals surface area contributed by atoms with E-state index >= 15 is 0 Å². The number of unbranched alkanes of at least 4 members (excludes halogenated alkanes) is 1. The van der Waals surface area contributed by atoms with E-state index in [-0.39, 0.29) is 5.92 Å². The van der Waals surface area contributed by atoms with Crippen LogP contribution in [0.25, 0.3) is 0 Å². The summed E-state index contributed by atoms with van der Waals surface area (Å²) in [6, 6.07) is 10.4. The van der Waals surface area contributed by atoms with Gasteiger partial charge >= 0.3 is 0 Å². The maximum Gasteiger partial charge on any atom is 0.142 e. The van der Waals surface area contributed by atoms with Crippen LogP contribution in [0.4, 0.5) is 5.69 Å². The molecule has 0 saturated carbocycles. The first-order chi connectivity index (χ1) is 9.31. The Labute approximate surface area is 115 Å². The molecule has 104 valence electrons. The highest BCUT2D eigenvalue weighted by Crippen LogP contribution is 2.19. The number of nitrogens with zero attached hydrogens (tertiary/aromatic N) is 1. The summed E-state index contributed by atoms with van der Waals surface area (Å²) in [6.45, 7) is 5.15. The first-order valence-corrected chi connectivity index (χ1v) is 7.21. The highest BCUT2D eigenvalue weighted by atomic mass is 16.5. The van der Waals surface area contributed by atoms with Crippen molar-refractivity contribution in [3.05, 3.63) is 30.3 Å². The van der Waals surface area contributed by atoms with E-state index in [9.17, 15) is 4.79 Å². The molecule has 1 aliphatic rings. The summed E-state index contributed by atoms with van der Waals surface area (Å²) in [5, 5.41) is 0. The Morgan fingerprint density at radius 2 is 2.11 bits per heavy atom. The first kappa shape index (κ1) is 14.1. The number of anilines is 1. The van der Waals surface area contributed by atoms with Gasteiger partial charge in [-0.05, 0) is 18.6 Å². The highest BCUT2D eigenvalue weighted by molar-refractivity contribution is 5.82. The molecular weight excluding hydrogens is 238 g/mol. The van der Waals surface area contributed by atoms with Gasteiger partial charge in [-0.2, -0.15) is 0 Å². The number of hydrogen-bond acceptors (Lipinski definition) is 3. The lowest BCUT2D eigenvalue weighted by molar-refractivity contribution is -0.129. The van der Waals surface area contributed by atoms with Gasteiger partial charge in [0.1, 0.15) is 5.78 Å². The Bertz CT molecular complexity index is 391. The number of rotatable bonds is 6. The zero-order valence-electron chi connectivity index (χ0n) is 11.7. The van der Waals surface area contributed by atoms with Gasteiger partial charge in [0.2, 0.25) is 0 Å². The van der Waals surface area contributed by atoms with Crippen molar-refractivity contribution >= 4 is 11.5 Å². The molecule has 0 aromatic heterocycles. The van der Waals surface area contributed by atoms with E-state index in [4.69, 9.17) is 4.74 Å². The standard InChI is InChI=1S/C16H23NO2/c1-2-3-10-17(15-7-5-4-6-8-15)12-14-13-19-11-9-16(14)18/h4-8,14H,2-3,9-13H2,1H3. The van der Waals surface area contributed by atoms with Crippen molar-refractivity contribution in [2.75, 3.05) is 31.2 Å². The van der Waals surface area contributed by atoms with Crippen molar-refractivity contribution in [1.29, 1.82) is 0 Å². The Morgan fingerprint density at radius 1 is 1.32 bits per heavy atom. The maximum absolute atomic E-state index is 11.9. The van der Waals surface area contributed by atoms with Gasteiger partial charge in [-0.25, -0.2) is 0 Å². The fourth-order valence-electron chi connectivity index (χ4n) is 2.43. The van der Waals surface area contributed by atoms with Crippen LogP contribution in [0.3, 0.4) is 0 Å². The molecule has 1 fully saturated rings. The van der Waals surface area contributed by atoms with Gasteiger partial charge in [0.25, 0.3) is 0 Å². The normalized spacial score (nSPS) is 19.4. The Morgan fingerprint density at radius 3 is 2.79 bits per heavy atom. The van der Waals surface area contributed by atoms with Gasteiger partial charge in [0.05, 0.1) is 19.1 Å². The molecule has 1 aliphatic heterocycles. The molecule has 0 aliphatic carbocycles. The van der Waals surface area contributed by atoms with Crippen LogP contribution in [-0.2, 0) is 9.53 Å². The van der Waals surface area contributed by atoms with Crippen molar-refractivity contribution in [2.45, 2.75) is 26.2 Å². The van der Waals surface area contributed by atoms with Gasteiger partial charge in [-0.15, -0.1) is 0 Å². The second-order valence-electron chi connectivity index (χ2n) is 5.12. The van der Waals surface area contributed by atoms with Crippen LogP contribution in [0.5, 0.6) is 0 Å². The van der Waals surface area contributed by atoms with Gasteiger partial charge in [0.15, 0.2) is 0 Å². The molecule has 0 radical (unpaired) electrons. The molecule has 3 heteroatoms. The van der Waals surface area contributed by atoms with E-state index in [0.717, 1.165) is 19.5 Å². The third-order valence-electron chi connectivity index (χ3n) is 3.61. The highest BCUT2D eigenvalue weighted by Gasteiger charge is 2.25. The van der Waals surface area contributed by atoms with Crippen LogP contribution >= 0.6 is 0 Å². The van der Waals surface area contributed by atoms with Crippen molar-refractivity contribution in [2.24, 2.45) is 5.92 Å². The lowest BCUT2D eigenvalue weighted by Gasteiger charge is -2.30. The van der Waals surface area contributed by atoms with Crippen LogP contribution < -0.4 is 4.90 Å². The third kappa shape index (κ3) is 4.06. The van der Waals surface area contributed by atoms with Gasteiger partial charge in [-0.3, -0.25) is 4.79 Å². The second-order valence-corrected chi connectivity index (χ2v) is 5.12. The lowest BCUT2D eigenvalue weighted by atomic mass is 9.99. The van der Waals surface area contributed by atoms with Gasteiger partial charge < -0.3 is 9.64 Å². The molecule has 0 amide bonds. The molecule has 1 heterocycles. The SMILES string of the molecule is CCCCN(CC1COCCC1=O)c1ccccc1. The van der Waals surface area contributed by atoms with Crippen LogP contribution in [0.15, 0.2) is 30.3 Å². The molecule has 1 unspecified atom stereocenters. The molecule has 1 aromatic rings. The van der Waals surface area contributed by atoms with E-state index < -0.39 is 0 Å². The number of hydrogen-bond donors (Lipinski definition) is 0. The van der Waals surface area contributed by atoms with Gasteiger partial charge in [-0.1, -0.05) is 31.5 Å². The quantitative estimate of drug-likeness (QED) is 0.788. The van der Waals surface area contributed by atoms with Crippen molar-refractivity contribution < 1.29 is 9.53 Å². The molecule has 19 heavy (non-hydrogen) atoms. The average Bonchev–Trinajstić information content (AvgIpc) is 2.46. The monoisotopic (exact) mass is 261 g/mol. The zero-order valence-corrected chi connectivity index (χ0v) is 11.7. The Hall–Kier alpha value is -1.35. The average molecular weight is 261 g/mol. The molecular formula is C16H23NO2. The zero-order chi connectivity index (χ0) is 13.5. The summed E-state index contributed by atoms with van der Waals surface area (Å²) < 4.78 is 5.45. The van der Waals surface area contributed by atoms with E-state index in [2.05, 4.69) is 24.0 Å². The van der Waals surface area contributed by atoms with Crippen LogP contribution in [0.2, 0.25) is 0 Å². The summed E-state index contributed by atoms with van der Waals surface area (Å²) in [5.41, 5.74) is 1.20. The summed E-state index contributed by atoms with van der Waals surface area (Å²) in [4.78, 5) is 14.2. The van der Waals surface area contributed by atoms with Gasteiger partial charge in [0, 0.05) is 25.2 Å². The second kappa shape index (κ2) is 7.29. The number of carbonyl (C=O) groups excluding carboxylic acids is 1. The number of benzene rings is 1. The summed E-state index contributed by atoms with van der Waals surface area (Å²) in [6.07, 6.45) is 2.89. The van der Waals surface area contributed by atoms with Crippen LogP contribution in [-0.4, -0.2) is 32.1 Å². The van der Waals surface area contributed by atoms with E-state index in [1.165, 1.54) is 12.1 Å². The largest absolute Gasteiger partial charge is 0.380 e. The molecule has 0 N–H and O–H groups in total. The molecule has 0 spiro atoms. The predicted molar refractivity (Wildman–Crippen MR) is 77.5 cm³/mol. The number of ketones is 1. The minimum absolute atomic E-state index is 0.0332. The Balaban J connectivity index is 2.03. The first-order valence-electron chi connectivity index (χ1n) is 7.21. The van der Waals surface area contributed by atoms with Crippen molar-refractivity contribution in [1.82, 2.24) is 0 Å². The van der Waals surface area contributed by atoms with E-state index in [1.807, 2.05) is 18.2 Å². The summed E-state index contributed by atoms with van der Waals surface area (Å²) in [5.74, 6) is 0.384. The van der Waals surface area contributed by atoms with Crippen LogP contribution in [0, 0.1) is 5.92 Å². The van der Waals surface area contributed by atoms with Crippen molar-refractivity contribution in [3.63, 3.8) is 0 Å². The van der Waals surface area contributed by atoms with E-state index in [1.54, 1.807) is 0 Å².